The van der Waals surface area contributed by atoms with Crippen molar-refractivity contribution in [2.24, 2.45) is 0 Å². The molecule has 0 atom stereocenters. The molecule has 0 saturated heterocycles. The van der Waals surface area contributed by atoms with Gasteiger partial charge in [0.05, 0.1) is 31.8 Å². The van der Waals surface area contributed by atoms with E-state index < -0.39 is 7.26 Å². The molecule has 0 bridgehead atoms. The van der Waals surface area contributed by atoms with Gasteiger partial charge in [-0.25, -0.2) is 0 Å². The van der Waals surface area contributed by atoms with Gasteiger partial charge in [0, 0.05) is 22.6 Å². The third-order valence-corrected chi connectivity index (χ3v) is 7.79. The van der Waals surface area contributed by atoms with Crippen LogP contribution in [0.15, 0.2) is 36.8 Å². The van der Waals surface area contributed by atoms with Gasteiger partial charge in [-0.3, -0.25) is 0 Å². The van der Waals surface area contributed by atoms with Crippen LogP contribution in [0.2, 0.25) is 0 Å². The van der Waals surface area contributed by atoms with Crippen molar-refractivity contribution in [3.05, 3.63) is 36.8 Å². The van der Waals surface area contributed by atoms with Gasteiger partial charge in [0.15, 0.2) is 7.26 Å². The Morgan fingerprint density at radius 3 is 1.60 bits per heavy atom. The predicted molar refractivity (Wildman–Crippen MR) is 99.9 cm³/mol. The maximum atomic E-state index is 5.73. The molecule has 0 fully saturated rings. The zero-order valence-electron chi connectivity index (χ0n) is 13.1. The highest BCUT2D eigenvalue weighted by Gasteiger charge is 2.51. The Balaban J connectivity index is 2.13. The van der Waals surface area contributed by atoms with Crippen molar-refractivity contribution in [1.29, 1.82) is 0 Å². The van der Waals surface area contributed by atoms with Gasteiger partial charge < -0.3 is 4.74 Å². The van der Waals surface area contributed by atoms with E-state index in [0.29, 0.717) is 19.4 Å². The molecule has 0 amide bonds. The lowest BCUT2D eigenvalue weighted by Crippen LogP contribution is -2.40. The zero-order chi connectivity index (χ0) is 17.4. The number of ether oxygens (including phenoxy) is 1. The Morgan fingerprint density at radius 1 is 0.760 bits per heavy atom. The zero-order valence-corrected chi connectivity index (χ0v) is 16.1. The molecule has 128 valence electrons. The van der Waals surface area contributed by atoms with E-state index in [9.17, 15) is 0 Å². The highest BCUT2D eigenvalue weighted by molar-refractivity contribution is 14.1. The van der Waals surface area contributed by atoms with Crippen molar-refractivity contribution in [2.45, 2.75) is 0 Å². The molecule has 10 nitrogen and oxygen atoms in total. The maximum absolute atomic E-state index is 5.73. The first-order chi connectivity index (χ1) is 12.4. The maximum Gasteiger partial charge on any atom is 0.219 e. The second-order valence-corrected chi connectivity index (χ2v) is 9.29. The Hall–Kier alpha value is -1.85. The number of nitrogens with zero attached hydrogens (tertiary/aromatic N) is 9. The van der Waals surface area contributed by atoms with Gasteiger partial charge in [0.25, 0.3) is 0 Å². The van der Waals surface area contributed by atoms with E-state index in [1.54, 1.807) is 18.6 Å². The summed E-state index contributed by atoms with van der Waals surface area (Å²) in [6.45, 7) is 1.20. The van der Waals surface area contributed by atoms with Crippen LogP contribution in [0.3, 0.4) is 0 Å². The summed E-state index contributed by atoms with van der Waals surface area (Å²) < 4.78 is 6.65. The van der Waals surface area contributed by atoms with E-state index in [4.69, 9.17) is 4.74 Å². The fraction of sp³-hybridized carbons (Fsp3) is 0.308. The summed E-state index contributed by atoms with van der Waals surface area (Å²) in [5.74, 6) is 0. The number of halogens is 1. The van der Waals surface area contributed by atoms with Crippen LogP contribution in [-0.4, -0.2) is 70.0 Å². The van der Waals surface area contributed by atoms with E-state index in [0.717, 1.165) is 20.7 Å². The summed E-state index contributed by atoms with van der Waals surface area (Å²) >= 11 is 2.27. The fourth-order valence-electron chi connectivity index (χ4n) is 2.37. The van der Waals surface area contributed by atoms with Gasteiger partial charge in [-0.15, -0.1) is 15.3 Å². The van der Waals surface area contributed by atoms with Gasteiger partial charge in [-0.2, -0.15) is 0 Å². The summed E-state index contributed by atoms with van der Waals surface area (Å²) in [5, 5.41) is 35.5. The van der Waals surface area contributed by atoms with Crippen LogP contribution >= 0.6 is 29.9 Å². The molecule has 3 aromatic heterocycles. The second kappa shape index (κ2) is 9.02. The minimum Gasteiger partial charge on any atom is -0.377 e. The summed E-state index contributed by atoms with van der Waals surface area (Å²) in [6.07, 6.45) is 5.45. The molecule has 3 heterocycles. The van der Waals surface area contributed by atoms with Crippen molar-refractivity contribution < 1.29 is 4.74 Å². The normalized spacial score (nSPS) is 11.4. The molecule has 25 heavy (non-hydrogen) atoms. The molecule has 3 rings (SSSR count). The largest absolute Gasteiger partial charge is 0.377 e. The Labute approximate surface area is 157 Å². The first-order valence-corrected chi connectivity index (χ1v) is 10.8. The van der Waals surface area contributed by atoms with Crippen LogP contribution in [0.5, 0.6) is 0 Å². The molecule has 0 saturated carbocycles. The molecule has 3 aromatic rings. The lowest BCUT2D eigenvalue weighted by Gasteiger charge is -2.21. The molecule has 0 aliphatic heterocycles. The van der Waals surface area contributed by atoms with Gasteiger partial charge in [0.1, 0.15) is 6.16 Å². The smallest absolute Gasteiger partial charge is 0.219 e. The predicted octanol–water partition coefficient (Wildman–Crippen LogP) is -1.01. The van der Waals surface area contributed by atoms with Crippen molar-refractivity contribution in [3.8, 4) is 0 Å². The van der Waals surface area contributed by atoms with Gasteiger partial charge in [-0.1, -0.05) is 37.9 Å². The molecule has 0 aromatic carbocycles. The summed E-state index contributed by atoms with van der Waals surface area (Å²) in [4.78, 5) is 0. The standard InChI is InChI=1S/C13H14IN9OP/c14-4-8-24-9-10-25(11-1-5-15-21-18-11,12-2-6-16-22-19-12)13-3-7-17-23-20-13/h1-3,5-7H,4,8-10H2/q+1/i14+4. The Bertz CT molecular complexity index is 672. The number of hydrogen-bond donors (Lipinski definition) is 0. The molecule has 0 aliphatic rings. The average Bonchev–Trinajstić information content (AvgIpc) is 2.70. The molecular weight excluding hydrogens is 460 g/mol. The van der Waals surface area contributed by atoms with Crippen LogP contribution in [0.1, 0.15) is 0 Å². The highest BCUT2D eigenvalue weighted by atomic mass is 131. The lowest BCUT2D eigenvalue weighted by molar-refractivity contribution is 0.168. The number of alkyl halides is 1. The average molecular weight is 474 g/mol. The van der Waals surface area contributed by atoms with E-state index in [1.165, 1.54) is 0 Å². The van der Waals surface area contributed by atoms with Crippen molar-refractivity contribution in [1.82, 2.24) is 46.2 Å². The minimum absolute atomic E-state index is 0.523. The van der Waals surface area contributed by atoms with Gasteiger partial charge >= 0.3 is 0 Å². The quantitative estimate of drug-likeness (QED) is 0.174. The SMILES string of the molecule is [131I]CCOCC[P+](c1ccnnn1)(c1ccnnn1)c1ccnnn1. The van der Waals surface area contributed by atoms with Crippen molar-refractivity contribution >= 4 is 46.2 Å². The van der Waals surface area contributed by atoms with E-state index in [-0.39, 0.29) is 0 Å². The summed E-state index contributed by atoms with van der Waals surface area (Å²) in [5.41, 5.74) is 2.21. The van der Waals surface area contributed by atoms with Crippen molar-refractivity contribution in [3.63, 3.8) is 0 Å². The minimum atomic E-state index is -2.36. The summed E-state index contributed by atoms with van der Waals surface area (Å²) in [7, 11) is -2.36. The number of rotatable bonds is 8. The fourth-order valence-corrected chi connectivity index (χ4v) is 6.02. The van der Waals surface area contributed by atoms with Gasteiger partial charge in [-0.05, 0) is 15.6 Å². The molecule has 0 radical (unpaired) electrons. The molecule has 0 N–H and O–H groups in total. The topological polar surface area (TPSA) is 125 Å². The van der Waals surface area contributed by atoms with Crippen molar-refractivity contribution in [2.75, 3.05) is 23.8 Å². The van der Waals surface area contributed by atoms with Crippen LogP contribution in [0, 0.1) is 0 Å². The molecular formula is C13H14IN9OP+. The number of hydrogen-bond acceptors (Lipinski definition) is 10. The third kappa shape index (κ3) is 4.05. The van der Waals surface area contributed by atoms with Crippen LogP contribution < -0.4 is 16.3 Å². The molecule has 12 heteroatoms. The molecule has 0 aliphatic carbocycles. The first-order valence-electron chi connectivity index (χ1n) is 7.34. The van der Waals surface area contributed by atoms with Gasteiger partial charge in [0.2, 0.25) is 16.3 Å². The van der Waals surface area contributed by atoms with Crippen LogP contribution in [-0.2, 0) is 4.74 Å². The van der Waals surface area contributed by atoms with Crippen LogP contribution in [0.4, 0.5) is 0 Å². The second-order valence-electron chi connectivity index (χ2n) is 4.77. The highest BCUT2D eigenvalue weighted by Crippen LogP contribution is 2.52. The summed E-state index contributed by atoms with van der Waals surface area (Å²) in [6, 6.07) is 5.47. The monoisotopic (exact) mass is 474 g/mol. The Morgan fingerprint density at radius 2 is 1.24 bits per heavy atom. The third-order valence-electron chi connectivity index (χ3n) is 3.43. The molecule has 0 spiro atoms. The van der Waals surface area contributed by atoms with E-state index in [1.807, 2.05) is 18.2 Å². The van der Waals surface area contributed by atoms with Crippen LogP contribution in [0.25, 0.3) is 0 Å². The lowest BCUT2D eigenvalue weighted by atomic mass is 10.7. The molecule has 0 unspecified atom stereocenters. The van der Waals surface area contributed by atoms with E-state index >= 15 is 0 Å². The number of aromatic nitrogens is 9. The van der Waals surface area contributed by atoms with E-state index in [2.05, 4.69) is 68.8 Å². The first kappa shape index (κ1) is 18.0. The Kier molecular flexibility index (Phi) is 6.48.